The first kappa shape index (κ1) is 11.0. The molecular weight excluding hydrogens is 112 g/mol. The van der Waals surface area contributed by atoms with Crippen LogP contribution in [0.15, 0.2) is 24.0 Å². The molecule has 54 valence electrons. The second kappa shape index (κ2) is 10.1. The molecule has 2 heteroatoms. The Balaban J connectivity index is 0. The molecule has 0 aliphatic heterocycles. The van der Waals surface area contributed by atoms with Crippen LogP contribution in [0, 0.1) is 0 Å². The smallest absolute Gasteiger partial charge is 0.00494 e. The van der Waals surface area contributed by atoms with Gasteiger partial charge in [0, 0.05) is 5.70 Å². The zero-order chi connectivity index (χ0) is 7.70. The minimum atomic E-state index is 0.765. The number of rotatable bonds is 1. The molecule has 0 aliphatic rings. The summed E-state index contributed by atoms with van der Waals surface area (Å²) in [5.74, 6) is 0. The fourth-order valence-corrected chi connectivity index (χ4v) is 0.207. The van der Waals surface area contributed by atoms with Gasteiger partial charge in [0.1, 0.15) is 0 Å². The lowest BCUT2D eigenvalue weighted by Gasteiger charge is -1.79. The normalized spacial score (nSPS) is 10.8. The number of nitrogens with two attached hydrogens (primary N) is 2. The Morgan fingerprint density at radius 2 is 1.78 bits per heavy atom. The van der Waals surface area contributed by atoms with E-state index in [4.69, 9.17) is 11.5 Å². The fraction of sp³-hybridized carbons (Fsp3) is 0.429. The highest BCUT2D eigenvalue weighted by atomic mass is 14.5. The summed E-state index contributed by atoms with van der Waals surface area (Å²) in [5, 5.41) is 0. The predicted octanol–water partition coefficient (Wildman–Crippen LogP) is 1.35. The van der Waals surface area contributed by atoms with E-state index in [1.165, 1.54) is 6.20 Å². The third-order valence-electron chi connectivity index (χ3n) is 0.470. The molecule has 0 atom stereocenters. The summed E-state index contributed by atoms with van der Waals surface area (Å²) < 4.78 is 0. The van der Waals surface area contributed by atoms with Crippen LogP contribution in [0.25, 0.3) is 0 Å². The summed E-state index contributed by atoms with van der Waals surface area (Å²) in [6.45, 7) is 5.81. The third kappa shape index (κ3) is 19.3. The zero-order valence-corrected chi connectivity index (χ0v) is 6.39. The van der Waals surface area contributed by atoms with Crippen LogP contribution in [0.5, 0.6) is 0 Å². The highest BCUT2D eigenvalue weighted by molar-refractivity contribution is 5.05. The zero-order valence-electron chi connectivity index (χ0n) is 6.39. The van der Waals surface area contributed by atoms with Gasteiger partial charge in [-0.2, -0.15) is 0 Å². The molecule has 0 heterocycles. The van der Waals surface area contributed by atoms with Gasteiger partial charge in [0.25, 0.3) is 0 Å². The highest BCUT2D eigenvalue weighted by Crippen LogP contribution is 1.77. The van der Waals surface area contributed by atoms with Crippen molar-refractivity contribution in [3.63, 3.8) is 0 Å². The highest BCUT2D eigenvalue weighted by Gasteiger charge is 1.65. The summed E-state index contributed by atoms with van der Waals surface area (Å²) in [5.41, 5.74) is 11.0. The second-order valence-corrected chi connectivity index (χ2v) is 1.30. The van der Waals surface area contributed by atoms with Crippen molar-refractivity contribution >= 4 is 0 Å². The van der Waals surface area contributed by atoms with E-state index in [0.29, 0.717) is 0 Å². The van der Waals surface area contributed by atoms with Crippen LogP contribution in [0.2, 0.25) is 0 Å². The molecule has 0 aromatic heterocycles. The van der Waals surface area contributed by atoms with Crippen molar-refractivity contribution in [1.82, 2.24) is 0 Å². The maximum Gasteiger partial charge on any atom is 0.00494 e. The molecule has 9 heavy (non-hydrogen) atoms. The molecule has 0 rings (SSSR count). The van der Waals surface area contributed by atoms with Crippen LogP contribution in [0.1, 0.15) is 20.8 Å². The predicted molar refractivity (Wildman–Crippen MR) is 42.6 cm³/mol. The van der Waals surface area contributed by atoms with E-state index in [1.54, 1.807) is 19.1 Å². The monoisotopic (exact) mass is 128 g/mol. The average molecular weight is 128 g/mol. The van der Waals surface area contributed by atoms with Gasteiger partial charge < -0.3 is 11.5 Å². The van der Waals surface area contributed by atoms with Gasteiger partial charge in [0.2, 0.25) is 0 Å². The van der Waals surface area contributed by atoms with E-state index in [-0.39, 0.29) is 0 Å². The topological polar surface area (TPSA) is 52.0 Å². The van der Waals surface area contributed by atoms with E-state index in [0.717, 1.165) is 5.70 Å². The standard InChI is InChI=1S/C5H10N2.C2H6/c1-5(7)3-2-4-6;1-2/h2-4H,6-7H2,1H3;1-2H3/b4-2-,5-3-;. The van der Waals surface area contributed by atoms with Gasteiger partial charge in [-0.25, -0.2) is 0 Å². The molecule has 0 bridgehead atoms. The second-order valence-electron chi connectivity index (χ2n) is 1.30. The van der Waals surface area contributed by atoms with E-state index in [2.05, 4.69) is 0 Å². The largest absolute Gasteiger partial charge is 0.405 e. The van der Waals surface area contributed by atoms with Crippen LogP contribution in [0.4, 0.5) is 0 Å². The number of allylic oxidation sites excluding steroid dienone is 3. The van der Waals surface area contributed by atoms with Gasteiger partial charge >= 0.3 is 0 Å². The maximum absolute atomic E-state index is 5.23. The van der Waals surface area contributed by atoms with E-state index >= 15 is 0 Å². The van der Waals surface area contributed by atoms with E-state index in [9.17, 15) is 0 Å². The van der Waals surface area contributed by atoms with Crippen LogP contribution >= 0.6 is 0 Å². The number of hydrogen-bond donors (Lipinski definition) is 2. The molecule has 0 spiro atoms. The summed E-state index contributed by atoms with van der Waals surface area (Å²) in [6, 6.07) is 0. The van der Waals surface area contributed by atoms with Gasteiger partial charge in [-0.15, -0.1) is 0 Å². The quantitative estimate of drug-likeness (QED) is 0.524. The molecule has 0 aliphatic carbocycles. The first-order valence-electron chi connectivity index (χ1n) is 3.08. The number of hydrogen-bond acceptors (Lipinski definition) is 2. The summed E-state index contributed by atoms with van der Waals surface area (Å²) in [6.07, 6.45) is 4.87. The molecule has 0 saturated carbocycles. The van der Waals surface area contributed by atoms with Crippen molar-refractivity contribution in [3.05, 3.63) is 24.0 Å². The average Bonchev–Trinajstić information content (AvgIpc) is 1.88. The Bertz CT molecular complexity index is 89.1. The SMILES string of the molecule is C/C(N)=C/C=C\N.CC. The fourth-order valence-electron chi connectivity index (χ4n) is 0.207. The Hall–Kier alpha value is -0.920. The molecule has 0 aromatic carbocycles. The van der Waals surface area contributed by atoms with Gasteiger partial charge in [-0.05, 0) is 25.3 Å². The Morgan fingerprint density at radius 3 is 1.89 bits per heavy atom. The lowest BCUT2D eigenvalue weighted by Crippen LogP contribution is -1.88. The molecule has 0 unspecified atom stereocenters. The van der Waals surface area contributed by atoms with Crippen molar-refractivity contribution in [3.8, 4) is 0 Å². The van der Waals surface area contributed by atoms with E-state index < -0.39 is 0 Å². The maximum atomic E-state index is 5.23. The summed E-state index contributed by atoms with van der Waals surface area (Å²) in [4.78, 5) is 0. The van der Waals surface area contributed by atoms with Gasteiger partial charge in [-0.3, -0.25) is 0 Å². The molecule has 0 amide bonds. The molecule has 0 aromatic rings. The Kier molecular flexibility index (Phi) is 12.3. The van der Waals surface area contributed by atoms with Crippen LogP contribution in [-0.2, 0) is 0 Å². The molecule has 2 nitrogen and oxygen atoms in total. The summed E-state index contributed by atoms with van der Waals surface area (Å²) in [7, 11) is 0. The van der Waals surface area contributed by atoms with Crippen molar-refractivity contribution in [1.29, 1.82) is 0 Å². The molecule has 0 radical (unpaired) electrons. The van der Waals surface area contributed by atoms with E-state index in [1.807, 2.05) is 13.8 Å². The van der Waals surface area contributed by atoms with Gasteiger partial charge in [0.15, 0.2) is 0 Å². The van der Waals surface area contributed by atoms with Crippen LogP contribution in [0.3, 0.4) is 0 Å². The lowest BCUT2D eigenvalue weighted by atomic mass is 10.4. The minimum absolute atomic E-state index is 0.765. The van der Waals surface area contributed by atoms with Gasteiger partial charge in [0.05, 0.1) is 0 Å². The molecule has 0 fully saturated rings. The van der Waals surface area contributed by atoms with Crippen molar-refractivity contribution in [2.24, 2.45) is 11.5 Å². The Labute approximate surface area is 57.2 Å². The third-order valence-corrected chi connectivity index (χ3v) is 0.470. The molecule has 0 saturated heterocycles. The van der Waals surface area contributed by atoms with Gasteiger partial charge in [-0.1, -0.05) is 13.8 Å². The van der Waals surface area contributed by atoms with Crippen LogP contribution < -0.4 is 11.5 Å². The molecular formula is C7H16N2. The van der Waals surface area contributed by atoms with Crippen LogP contribution in [-0.4, -0.2) is 0 Å². The minimum Gasteiger partial charge on any atom is -0.405 e. The Morgan fingerprint density at radius 1 is 1.33 bits per heavy atom. The summed E-state index contributed by atoms with van der Waals surface area (Å²) >= 11 is 0. The molecule has 4 N–H and O–H groups in total. The lowest BCUT2D eigenvalue weighted by molar-refractivity contribution is 1.31. The van der Waals surface area contributed by atoms with Crippen molar-refractivity contribution in [2.45, 2.75) is 20.8 Å². The first-order valence-corrected chi connectivity index (χ1v) is 3.08. The van der Waals surface area contributed by atoms with Crippen molar-refractivity contribution in [2.75, 3.05) is 0 Å². The van der Waals surface area contributed by atoms with Crippen molar-refractivity contribution < 1.29 is 0 Å². The first-order chi connectivity index (χ1) is 4.27.